The number of nitrogen functional groups attached to an aromatic ring is 1. The van der Waals surface area contributed by atoms with Crippen LogP contribution in [0.25, 0.3) is 22.5 Å². The third-order valence-electron chi connectivity index (χ3n) is 3.02. The Labute approximate surface area is 143 Å². The van der Waals surface area contributed by atoms with Crippen molar-refractivity contribution >= 4 is 49.3 Å². The predicted octanol–water partition coefficient (Wildman–Crippen LogP) is 5.77. The van der Waals surface area contributed by atoms with E-state index in [1.807, 2.05) is 36.4 Å². The highest BCUT2D eigenvalue weighted by Crippen LogP contribution is 2.40. The van der Waals surface area contributed by atoms with Crippen LogP contribution in [0.1, 0.15) is 0 Å². The van der Waals surface area contributed by atoms with Crippen molar-refractivity contribution in [3.05, 3.63) is 56.4 Å². The van der Waals surface area contributed by atoms with Crippen molar-refractivity contribution in [2.75, 3.05) is 5.73 Å². The quantitative estimate of drug-likeness (QED) is 0.564. The molecule has 21 heavy (non-hydrogen) atoms. The number of hydrogen-bond donors (Lipinski definition) is 1. The van der Waals surface area contributed by atoms with Crippen LogP contribution in [0, 0.1) is 0 Å². The molecule has 3 rings (SSSR count). The normalized spacial score (nSPS) is 10.8. The van der Waals surface area contributed by atoms with E-state index < -0.39 is 0 Å². The van der Waals surface area contributed by atoms with Crippen LogP contribution in [0.5, 0.6) is 0 Å². The number of nitrogens with two attached hydrogens (primary N) is 1. The Morgan fingerprint density at radius 3 is 2.48 bits per heavy atom. The first kappa shape index (κ1) is 14.6. The van der Waals surface area contributed by atoms with Gasteiger partial charge in [-0.3, -0.25) is 0 Å². The number of aromatic nitrogens is 1. The lowest BCUT2D eigenvalue weighted by Crippen LogP contribution is -1.89. The molecule has 0 fully saturated rings. The SMILES string of the molecule is Nc1noc(-c2cc(Cl)ccc2Br)c1-c1ccc(Br)cc1. The Kier molecular flexibility index (Phi) is 4.06. The molecule has 2 aromatic carbocycles. The van der Waals surface area contributed by atoms with E-state index in [2.05, 4.69) is 37.0 Å². The number of anilines is 1. The van der Waals surface area contributed by atoms with E-state index in [1.54, 1.807) is 6.07 Å². The van der Waals surface area contributed by atoms with Gasteiger partial charge in [0.15, 0.2) is 11.6 Å². The summed E-state index contributed by atoms with van der Waals surface area (Å²) in [5, 5.41) is 4.51. The Hall–Kier alpha value is -1.30. The fourth-order valence-corrected chi connectivity index (χ4v) is 2.92. The second kappa shape index (κ2) is 5.83. The molecule has 0 aliphatic carbocycles. The van der Waals surface area contributed by atoms with Gasteiger partial charge in [-0.05, 0) is 35.9 Å². The molecule has 0 spiro atoms. The zero-order valence-electron chi connectivity index (χ0n) is 10.6. The first-order valence-corrected chi connectivity index (χ1v) is 7.99. The molecule has 106 valence electrons. The zero-order chi connectivity index (χ0) is 15.0. The Morgan fingerprint density at radius 1 is 1.05 bits per heavy atom. The van der Waals surface area contributed by atoms with Crippen molar-refractivity contribution in [2.45, 2.75) is 0 Å². The van der Waals surface area contributed by atoms with E-state index >= 15 is 0 Å². The highest BCUT2D eigenvalue weighted by Gasteiger charge is 2.19. The third-order valence-corrected chi connectivity index (χ3v) is 4.48. The fourth-order valence-electron chi connectivity index (χ4n) is 2.05. The third kappa shape index (κ3) is 2.86. The van der Waals surface area contributed by atoms with Crippen LogP contribution in [0.15, 0.2) is 55.9 Å². The summed E-state index contributed by atoms with van der Waals surface area (Å²) >= 11 is 13.0. The largest absolute Gasteiger partial charge is 0.380 e. The molecule has 0 radical (unpaired) electrons. The van der Waals surface area contributed by atoms with E-state index in [0.717, 1.165) is 25.6 Å². The van der Waals surface area contributed by atoms with Crippen LogP contribution in [0.3, 0.4) is 0 Å². The molecule has 6 heteroatoms. The minimum atomic E-state index is 0.346. The Bertz CT molecular complexity index is 800. The maximum Gasteiger partial charge on any atom is 0.178 e. The Balaban J connectivity index is 2.21. The first-order valence-electron chi connectivity index (χ1n) is 6.03. The van der Waals surface area contributed by atoms with Gasteiger partial charge in [0.1, 0.15) is 0 Å². The molecule has 0 atom stereocenters. The molecule has 0 amide bonds. The summed E-state index contributed by atoms with van der Waals surface area (Å²) in [6.07, 6.45) is 0. The smallest absolute Gasteiger partial charge is 0.178 e. The molecule has 2 N–H and O–H groups in total. The average molecular weight is 429 g/mol. The van der Waals surface area contributed by atoms with E-state index in [-0.39, 0.29) is 0 Å². The standard InChI is InChI=1S/C15H9Br2ClN2O/c16-9-3-1-8(2-4-9)13-14(21-20-15(13)19)11-7-10(18)5-6-12(11)17/h1-7H,(H2,19,20). The highest BCUT2D eigenvalue weighted by molar-refractivity contribution is 9.10. The minimum absolute atomic E-state index is 0.346. The van der Waals surface area contributed by atoms with Crippen molar-refractivity contribution in [1.29, 1.82) is 0 Å². The monoisotopic (exact) mass is 426 g/mol. The Morgan fingerprint density at radius 2 is 1.76 bits per heavy atom. The second-order valence-electron chi connectivity index (χ2n) is 4.40. The van der Waals surface area contributed by atoms with Gasteiger partial charge in [0, 0.05) is 19.5 Å². The summed E-state index contributed by atoms with van der Waals surface area (Å²) < 4.78 is 7.28. The topological polar surface area (TPSA) is 52.0 Å². The highest BCUT2D eigenvalue weighted by atomic mass is 79.9. The van der Waals surface area contributed by atoms with Gasteiger partial charge in [0.05, 0.1) is 5.56 Å². The van der Waals surface area contributed by atoms with Gasteiger partial charge in [0.2, 0.25) is 0 Å². The zero-order valence-corrected chi connectivity index (χ0v) is 14.5. The summed E-state index contributed by atoms with van der Waals surface area (Å²) in [4.78, 5) is 0. The van der Waals surface area contributed by atoms with Gasteiger partial charge in [-0.2, -0.15) is 0 Å². The van der Waals surface area contributed by atoms with Crippen molar-refractivity contribution in [2.24, 2.45) is 0 Å². The van der Waals surface area contributed by atoms with Gasteiger partial charge >= 0.3 is 0 Å². The van der Waals surface area contributed by atoms with Gasteiger partial charge in [-0.1, -0.05) is 60.8 Å². The van der Waals surface area contributed by atoms with E-state index in [0.29, 0.717) is 16.6 Å². The van der Waals surface area contributed by atoms with Gasteiger partial charge < -0.3 is 10.3 Å². The van der Waals surface area contributed by atoms with E-state index in [9.17, 15) is 0 Å². The molecule has 0 saturated heterocycles. The van der Waals surface area contributed by atoms with Crippen LogP contribution in [0.4, 0.5) is 5.82 Å². The van der Waals surface area contributed by atoms with Crippen molar-refractivity contribution < 1.29 is 4.52 Å². The van der Waals surface area contributed by atoms with Gasteiger partial charge in [-0.15, -0.1) is 0 Å². The molecule has 0 saturated carbocycles. The maximum atomic E-state index is 6.07. The molecule has 3 nitrogen and oxygen atoms in total. The molecular weight excluding hydrogens is 419 g/mol. The molecule has 0 bridgehead atoms. The molecule has 0 unspecified atom stereocenters. The van der Waals surface area contributed by atoms with Crippen LogP contribution >= 0.6 is 43.5 Å². The summed E-state index contributed by atoms with van der Waals surface area (Å²) in [7, 11) is 0. The number of halogens is 3. The van der Waals surface area contributed by atoms with Crippen LogP contribution < -0.4 is 5.73 Å². The average Bonchev–Trinajstić information content (AvgIpc) is 2.84. The number of nitrogens with zero attached hydrogens (tertiary/aromatic N) is 1. The number of hydrogen-bond acceptors (Lipinski definition) is 3. The second-order valence-corrected chi connectivity index (χ2v) is 6.61. The van der Waals surface area contributed by atoms with Crippen molar-refractivity contribution in [1.82, 2.24) is 5.16 Å². The summed E-state index contributed by atoms with van der Waals surface area (Å²) in [6.45, 7) is 0. The van der Waals surface area contributed by atoms with Crippen molar-refractivity contribution in [3.63, 3.8) is 0 Å². The summed E-state index contributed by atoms with van der Waals surface area (Å²) in [5.41, 5.74) is 8.47. The van der Waals surface area contributed by atoms with Crippen molar-refractivity contribution in [3.8, 4) is 22.5 Å². The molecule has 0 aliphatic heterocycles. The molecular formula is C15H9Br2ClN2O. The summed E-state index contributed by atoms with van der Waals surface area (Å²) in [6, 6.07) is 13.3. The maximum absolute atomic E-state index is 6.07. The first-order chi connectivity index (χ1) is 10.1. The van der Waals surface area contributed by atoms with Crippen LogP contribution in [0.2, 0.25) is 5.02 Å². The number of benzene rings is 2. The lowest BCUT2D eigenvalue weighted by Gasteiger charge is -2.05. The number of rotatable bonds is 2. The predicted molar refractivity (Wildman–Crippen MR) is 92.2 cm³/mol. The summed E-state index contributed by atoms with van der Waals surface area (Å²) in [5.74, 6) is 0.934. The fraction of sp³-hybridized carbons (Fsp3) is 0. The van der Waals surface area contributed by atoms with E-state index in [4.69, 9.17) is 21.9 Å². The molecule has 1 heterocycles. The lowest BCUT2D eigenvalue weighted by molar-refractivity contribution is 0.436. The molecule has 0 aliphatic rings. The van der Waals surface area contributed by atoms with E-state index in [1.165, 1.54) is 0 Å². The molecule has 3 aromatic rings. The van der Waals surface area contributed by atoms with Crippen LogP contribution in [-0.4, -0.2) is 5.16 Å². The van der Waals surface area contributed by atoms with Gasteiger partial charge in [-0.25, -0.2) is 0 Å². The molecule has 1 aromatic heterocycles. The lowest BCUT2D eigenvalue weighted by atomic mass is 10.0. The van der Waals surface area contributed by atoms with Crippen LogP contribution in [-0.2, 0) is 0 Å². The minimum Gasteiger partial charge on any atom is -0.380 e. The van der Waals surface area contributed by atoms with Gasteiger partial charge in [0.25, 0.3) is 0 Å².